The summed E-state index contributed by atoms with van der Waals surface area (Å²) in [5.41, 5.74) is 0.662. The Kier molecular flexibility index (Phi) is 3.64. The van der Waals surface area contributed by atoms with Crippen LogP contribution in [0.25, 0.3) is 17.6 Å². The van der Waals surface area contributed by atoms with Crippen LogP contribution in [0.15, 0.2) is 30.6 Å². The Morgan fingerprint density at radius 3 is 2.56 bits per heavy atom. The summed E-state index contributed by atoms with van der Waals surface area (Å²) in [5.74, 6) is -0.646. The second-order valence-corrected chi connectivity index (χ2v) is 4.23. The third-order valence-electron chi connectivity index (χ3n) is 2.00. The number of carboxylic acids is 1. The average Bonchev–Trinajstić information content (AvgIpc) is 2.73. The number of aromatic nitrogens is 3. The monoisotopic (exact) mass is 283 g/mol. The molecular formula is C11H7Cl2N3O2. The maximum Gasteiger partial charge on any atom is 0.329 e. The number of benzene rings is 1. The van der Waals surface area contributed by atoms with Crippen LogP contribution in [0.1, 0.15) is 0 Å². The van der Waals surface area contributed by atoms with Gasteiger partial charge in [0.2, 0.25) is 0 Å². The van der Waals surface area contributed by atoms with Gasteiger partial charge in [0.15, 0.2) is 5.82 Å². The van der Waals surface area contributed by atoms with Crippen molar-refractivity contribution >= 4 is 35.4 Å². The Labute approximate surface area is 112 Å². The number of aliphatic carboxylic acids is 1. The first-order valence-electron chi connectivity index (χ1n) is 4.83. The van der Waals surface area contributed by atoms with Crippen molar-refractivity contribution in [3.63, 3.8) is 0 Å². The Morgan fingerprint density at radius 2 is 1.94 bits per heavy atom. The molecule has 0 saturated carbocycles. The number of nitrogens with zero attached hydrogens (tertiary/aromatic N) is 3. The number of rotatable bonds is 3. The van der Waals surface area contributed by atoms with E-state index < -0.39 is 5.97 Å². The molecule has 1 heterocycles. The van der Waals surface area contributed by atoms with E-state index in [2.05, 4.69) is 10.1 Å². The van der Waals surface area contributed by atoms with Gasteiger partial charge in [0.1, 0.15) is 6.33 Å². The van der Waals surface area contributed by atoms with E-state index in [1.54, 1.807) is 18.2 Å². The number of hydrogen-bond acceptors (Lipinski definition) is 3. The Bertz CT molecular complexity index is 602. The summed E-state index contributed by atoms with van der Waals surface area (Å²) in [7, 11) is 0. The van der Waals surface area contributed by atoms with Crippen LogP contribution >= 0.6 is 23.2 Å². The zero-order valence-corrected chi connectivity index (χ0v) is 10.4. The van der Waals surface area contributed by atoms with Crippen molar-refractivity contribution in [1.82, 2.24) is 14.8 Å². The normalized spacial score (nSPS) is 11.0. The first kappa shape index (κ1) is 12.6. The first-order valence-corrected chi connectivity index (χ1v) is 5.59. The lowest BCUT2D eigenvalue weighted by Crippen LogP contribution is -1.91. The lowest BCUT2D eigenvalue weighted by molar-refractivity contribution is -0.131. The van der Waals surface area contributed by atoms with Crippen molar-refractivity contribution in [3.05, 3.63) is 40.6 Å². The first-order chi connectivity index (χ1) is 8.54. The topological polar surface area (TPSA) is 68.0 Å². The van der Waals surface area contributed by atoms with Gasteiger partial charge in [0.25, 0.3) is 0 Å². The van der Waals surface area contributed by atoms with E-state index in [1.807, 2.05) is 0 Å². The molecule has 0 bridgehead atoms. The number of carboxylic acid groups (broad SMARTS) is 1. The molecule has 2 aromatic rings. The fourth-order valence-corrected chi connectivity index (χ4v) is 1.83. The van der Waals surface area contributed by atoms with E-state index in [4.69, 9.17) is 28.3 Å². The van der Waals surface area contributed by atoms with Crippen molar-refractivity contribution in [3.8, 4) is 11.4 Å². The van der Waals surface area contributed by atoms with E-state index >= 15 is 0 Å². The molecule has 0 atom stereocenters. The molecule has 7 heteroatoms. The largest absolute Gasteiger partial charge is 0.478 e. The van der Waals surface area contributed by atoms with Gasteiger partial charge in [0.05, 0.1) is 0 Å². The molecule has 0 unspecified atom stereocenters. The van der Waals surface area contributed by atoms with Gasteiger partial charge in [-0.1, -0.05) is 23.2 Å². The summed E-state index contributed by atoms with van der Waals surface area (Å²) < 4.78 is 1.29. The molecule has 92 valence electrons. The van der Waals surface area contributed by atoms with Crippen molar-refractivity contribution in [1.29, 1.82) is 0 Å². The lowest BCUT2D eigenvalue weighted by atomic mass is 10.2. The van der Waals surface area contributed by atoms with Crippen LogP contribution in [0.4, 0.5) is 0 Å². The van der Waals surface area contributed by atoms with Crippen molar-refractivity contribution in [2.45, 2.75) is 0 Å². The highest BCUT2D eigenvalue weighted by atomic mass is 35.5. The van der Waals surface area contributed by atoms with E-state index in [-0.39, 0.29) is 0 Å². The van der Waals surface area contributed by atoms with Gasteiger partial charge in [-0.15, -0.1) is 5.10 Å². The number of halogens is 2. The minimum atomic E-state index is -1.06. The van der Waals surface area contributed by atoms with E-state index in [0.717, 1.165) is 6.08 Å². The SMILES string of the molecule is O=C(O)/C=C/n1cnc(-c2cc(Cl)cc(Cl)c2)n1. The lowest BCUT2D eigenvalue weighted by Gasteiger charge is -1.97. The van der Waals surface area contributed by atoms with Gasteiger partial charge in [-0.25, -0.2) is 14.5 Å². The molecule has 0 radical (unpaired) electrons. The third kappa shape index (κ3) is 3.09. The molecule has 5 nitrogen and oxygen atoms in total. The Morgan fingerprint density at radius 1 is 1.28 bits per heavy atom. The summed E-state index contributed by atoms with van der Waals surface area (Å²) >= 11 is 11.7. The highest BCUT2D eigenvalue weighted by Gasteiger charge is 2.05. The standard InChI is InChI=1S/C11H7Cl2N3O2/c12-8-3-7(4-9(13)5-8)11-14-6-16(15-11)2-1-10(17)18/h1-6H,(H,17,18)/b2-1+. The van der Waals surface area contributed by atoms with Crippen LogP contribution in [0.2, 0.25) is 10.0 Å². The van der Waals surface area contributed by atoms with Gasteiger partial charge < -0.3 is 5.11 Å². The van der Waals surface area contributed by atoms with Crippen molar-refractivity contribution in [2.75, 3.05) is 0 Å². The molecule has 0 aliphatic rings. The molecule has 1 aromatic carbocycles. The van der Waals surface area contributed by atoms with Gasteiger partial charge >= 0.3 is 5.97 Å². The van der Waals surface area contributed by atoms with Gasteiger partial charge in [0, 0.05) is 27.9 Å². The highest BCUT2D eigenvalue weighted by molar-refractivity contribution is 6.35. The molecular weight excluding hydrogens is 277 g/mol. The van der Waals surface area contributed by atoms with Crippen LogP contribution < -0.4 is 0 Å². The minimum Gasteiger partial charge on any atom is -0.478 e. The van der Waals surface area contributed by atoms with Gasteiger partial charge in [-0.3, -0.25) is 0 Å². The van der Waals surface area contributed by atoms with Crippen LogP contribution in [0.3, 0.4) is 0 Å². The quantitative estimate of drug-likeness (QED) is 0.880. The zero-order valence-electron chi connectivity index (χ0n) is 8.92. The molecule has 0 amide bonds. The maximum atomic E-state index is 10.4. The molecule has 0 fully saturated rings. The minimum absolute atomic E-state index is 0.412. The predicted molar refractivity (Wildman–Crippen MR) is 68.4 cm³/mol. The molecule has 0 aliphatic heterocycles. The van der Waals surface area contributed by atoms with Crippen LogP contribution in [0, 0.1) is 0 Å². The highest BCUT2D eigenvalue weighted by Crippen LogP contribution is 2.24. The molecule has 1 aromatic heterocycles. The summed E-state index contributed by atoms with van der Waals surface area (Å²) in [6, 6.07) is 4.95. The summed E-state index contributed by atoms with van der Waals surface area (Å²) in [4.78, 5) is 14.4. The molecule has 2 rings (SSSR count). The van der Waals surface area contributed by atoms with Crippen molar-refractivity contribution in [2.24, 2.45) is 0 Å². The molecule has 0 spiro atoms. The predicted octanol–water partition coefficient (Wildman–Crippen LogP) is 2.81. The average molecular weight is 284 g/mol. The summed E-state index contributed by atoms with van der Waals surface area (Å²) in [6.45, 7) is 0. The fraction of sp³-hybridized carbons (Fsp3) is 0. The Balaban J connectivity index is 2.32. The third-order valence-corrected chi connectivity index (χ3v) is 2.44. The fourth-order valence-electron chi connectivity index (χ4n) is 1.30. The second-order valence-electron chi connectivity index (χ2n) is 3.36. The van der Waals surface area contributed by atoms with Crippen molar-refractivity contribution < 1.29 is 9.90 Å². The summed E-state index contributed by atoms with van der Waals surface area (Å²) in [6.07, 6.45) is 3.64. The van der Waals surface area contributed by atoms with Crippen LogP contribution in [-0.4, -0.2) is 25.8 Å². The molecule has 1 N–H and O–H groups in total. The van der Waals surface area contributed by atoms with Crippen LogP contribution in [-0.2, 0) is 4.79 Å². The second kappa shape index (κ2) is 5.20. The van der Waals surface area contributed by atoms with E-state index in [1.165, 1.54) is 17.2 Å². The number of carbonyl (C=O) groups is 1. The van der Waals surface area contributed by atoms with Gasteiger partial charge in [-0.2, -0.15) is 0 Å². The molecule has 0 saturated heterocycles. The molecule has 18 heavy (non-hydrogen) atoms. The van der Waals surface area contributed by atoms with Gasteiger partial charge in [-0.05, 0) is 18.2 Å². The smallest absolute Gasteiger partial charge is 0.329 e. The molecule has 0 aliphatic carbocycles. The Hall–Kier alpha value is -1.85. The van der Waals surface area contributed by atoms with E-state index in [9.17, 15) is 4.79 Å². The summed E-state index contributed by atoms with van der Waals surface area (Å²) in [5, 5.41) is 13.5. The number of hydrogen-bond donors (Lipinski definition) is 1. The zero-order chi connectivity index (χ0) is 13.1. The van der Waals surface area contributed by atoms with E-state index in [0.29, 0.717) is 21.4 Å². The van der Waals surface area contributed by atoms with Crippen LogP contribution in [0.5, 0.6) is 0 Å². The maximum absolute atomic E-state index is 10.4.